The zero-order valence-corrected chi connectivity index (χ0v) is 16.4. The molecule has 25 heavy (non-hydrogen) atoms. The molecule has 2 aromatic rings. The number of carbonyl (C=O) groups is 2. The summed E-state index contributed by atoms with van der Waals surface area (Å²) in [5, 5.41) is 2.84. The lowest BCUT2D eigenvalue weighted by molar-refractivity contribution is -0.129. The summed E-state index contributed by atoms with van der Waals surface area (Å²) >= 11 is 4.99. The van der Waals surface area contributed by atoms with Gasteiger partial charge in [-0.25, -0.2) is 0 Å². The first-order valence-corrected chi connectivity index (χ1v) is 9.63. The molecule has 0 fully saturated rings. The zero-order valence-electron chi connectivity index (χ0n) is 14.0. The second-order valence-electron chi connectivity index (χ2n) is 5.30. The van der Waals surface area contributed by atoms with E-state index in [4.69, 9.17) is 0 Å². The molecule has 130 valence electrons. The summed E-state index contributed by atoms with van der Waals surface area (Å²) in [5.74, 6) is -0.462. The molecule has 2 rings (SSSR count). The molecule has 2 amide bonds. The summed E-state index contributed by atoms with van der Waals surface area (Å²) in [6, 6.07) is 15.2. The Hall–Kier alpha value is -2.05. The van der Waals surface area contributed by atoms with Crippen molar-refractivity contribution in [2.24, 2.45) is 0 Å². The van der Waals surface area contributed by atoms with Crippen LogP contribution in [0.2, 0.25) is 0 Å². The minimum atomic E-state index is -0.232. The Morgan fingerprint density at radius 3 is 2.56 bits per heavy atom. The number of hydrogen-bond acceptors (Lipinski definition) is 3. The summed E-state index contributed by atoms with van der Waals surface area (Å²) in [5.41, 5.74) is 1.66. The van der Waals surface area contributed by atoms with Crippen LogP contribution < -0.4 is 5.32 Å². The number of rotatable bonds is 6. The van der Waals surface area contributed by atoms with Crippen molar-refractivity contribution in [3.8, 4) is 0 Å². The molecule has 0 heterocycles. The lowest BCUT2D eigenvalue weighted by Crippen LogP contribution is -2.33. The molecular formula is C19H19BrN2O2S. The molecule has 4 nitrogen and oxygen atoms in total. The van der Waals surface area contributed by atoms with Gasteiger partial charge in [-0.1, -0.05) is 46.3 Å². The van der Waals surface area contributed by atoms with Gasteiger partial charge in [-0.2, -0.15) is 0 Å². The molecule has 0 aromatic heterocycles. The fraction of sp³-hybridized carbons (Fsp3) is 0.158. The first-order valence-electron chi connectivity index (χ1n) is 7.62. The van der Waals surface area contributed by atoms with E-state index in [0.29, 0.717) is 0 Å². The largest absolute Gasteiger partial charge is 0.333 e. The Bertz CT molecular complexity index is 792. The summed E-state index contributed by atoms with van der Waals surface area (Å²) < 4.78 is 0.910. The molecule has 0 aliphatic heterocycles. The van der Waals surface area contributed by atoms with Crippen LogP contribution >= 0.6 is 27.7 Å². The fourth-order valence-electron chi connectivity index (χ4n) is 2.13. The standard InChI is InChI=1S/C19H19BrN2O2S/c1-22(19(24)12-11-14-7-3-4-8-15(14)20)13-18(23)21-16-9-5-6-10-17(16)25-2/h3-12H,13H2,1-2H3,(H,21,23)/b12-11+. The number of carbonyl (C=O) groups excluding carboxylic acids is 2. The third-order valence-electron chi connectivity index (χ3n) is 3.45. The summed E-state index contributed by atoms with van der Waals surface area (Å²) in [7, 11) is 1.60. The molecule has 0 aliphatic carbocycles. The van der Waals surface area contributed by atoms with Gasteiger partial charge in [0.05, 0.1) is 12.2 Å². The molecule has 0 atom stereocenters. The average molecular weight is 419 g/mol. The molecular weight excluding hydrogens is 400 g/mol. The number of nitrogens with zero attached hydrogens (tertiary/aromatic N) is 1. The van der Waals surface area contributed by atoms with E-state index in [1.807, 2.05) is 54.8 Å². The molecule has 0 saturated carbocycles. The molecule has 6 heteroatoms. The van der Waals surface area contributed by atoms with E-state index >= 15 is 0 Å². The van der Waals surface area contributed by atoms with E-state index in [0.717, 1.165) is 20.6 Å². The minimum absolute atomic E-state index is 0.0121. The van der Waals surface area contributed by atoms with E-state index < -0.39 is 0 Å². The van der Waals surface area contributed by atoms with Crippen molar-refractivity contribution in [2.45, 2.75) is 4.90 Å². The van der Waals surface area contributed by atoms with Crippen LogP contribution in [0.5, 0.6) is 0 Å². The molecule has 0 saturated heterocycles. The van der Waals surface area contributed by atoms with Gasteiger partial charge in [-0.15, -0.1) is 11.8 Å². The first kappa shape index (κ1) is 19.3. The molecule has 0 unspecified atom stereocenters. The average Bonchev–Trinajstić information content (AvgIpc) is 2.61. The predicted molar refractivity (Wildman–Crippen MR) is 108 cm³/mol. The van der Waals surface area contributed by atoms with Crippen molar-refractivity contribution < 1.29 is 9.59 Å². The van der Waals surface area contributed by atoms with Gasteiger partial charge >= 0.3 is 0 Å². The molecule has 0 aliphatic rings. The van der Waals surface area contributed by atoms with E-state index in [-0.39, 0.29) is 18.4 Å². The number of benzene rings is 2. The maximum Gasteiger partial charge on any atom is 0.246 e. The van der Waals surface area contributed by atoms with Crippen LogP contribution in [0.3, 0.4) is 0 Å². The zero-order chi connectivity index (χ0) is 18.2. The van der Waals surface area contributed by atoms with Crippen molar-refractivity contribution in [2.75, 3.05) is 25.2 Å². The monoisotopic (exact) mass is 418 g/mol. The summed E-state index contributed by atoms with van der Waals surface area (Å²) in [4.78, 5) is 26.7. The summed E-state index contributed by atoms with van der Waals surface area (Å²) in [6.07, 6.45) is 5.14. The Labute approximate surface area is 160 Å². The minimum Gasteiger partial charge on any atom is -0.333 e. The number of para-hydroxylation sites is 1. The quantitative estimate of drug-likeness (QED) is 0.562. The maximum atomic E-state index is 12.2. The topological polar surface area (TPSA) is 49.4 Å². The van der Waals surface area contributed by atoms with Crippen molar-refractivity contribution in [3.63, 3.8) is 0 Å². The first-order chi connectivity index (χ1) is 12.0. The third kappa shape index (κ3) is 5.76. The molecule has 0 spiro atoms. The van der Waals surface area contributed by atoms with Crippen molar-refractivity contribution >= 4 is 51.3 Å². The van der Waals surface area contributed by atoms with Gasteiger partial charge in [0.1, 0.15) is 0 Å². The number of likely N-dealkylation sites (N-methyl/N-ethyl adjacent to an activating group) is 1. The number of thioether (sulfide) groups is 1. The Morgan fingerprint density at radius 1 is 1.16 bits per heavy atom. The van der Waals surface area contributed by atoms with Crippen LogP contribution in [-0.4, -0.2) is 36.6 Å². The van der Waals surface area contributed by atoms with Gasteiger partial charge in [-0.3, -0.25) is 9.59 Å². The lowest BCUT2D eigenvalue weighted by atomic mass is 10.2. The van der Waals surface area contributed by atoms with Crippen LogP contribution in [0.4, 0.5) is 5.69 Å². The van der Waals surface area contributed by atoms with E-state index in [2.05, 4.69) is 21.2 Å². The number of nitrogens with one attached hydrogen (secondary N) is 1. The SMILES string of the molecule is CSc1ccccc1NC(=O)CN(C)C(=O)/C=C/c1ccccc1Br. The van der Waals surface area contributed by atoms with Crippen molar-refractivity contribution in [1.29, 1.82) is 0 Å². The highest BCUT2D eigenvalue weighted by Gasteiger charge is 2.12. The van der Waals surface area contributed by atoms with E-state index in [1.165, 1.54) is 11.0 Å². The number of anilines is 1. The van der Waals surface area contributed by atoms with Crippen LogP contribution in [0.1, 0.15) is 5.56 Å². The highest BCUT2D eigenvalue weighted by molar-refractivity contribution is 9.10. The Morgan fingerprint density at radius 2 is 1.84 bits per heavy atom. The second kappa shape index (κ2) is 9.44. The second-order valence-corrected chi connectivity index (χ2v) is 7.00. The number of amides is 2. The van der Waals surface area contributed by atoms with E-state index in [9.17, 15) is 9.59 Å². The number of hydrogen-bond donors (Lipinski definition) is 1. The van der Waals surface area contributed by atoms with Crippen LogP contribution in [0.25, 0.3) is 6.08 Å². The van der Waals surface area contributed by atoms with Gasteiger partial charge in [0.2, 0.25) is 11.8 Å². The predicted octanol–water partition coefficient (Wildman–Crippen LogP) is 4.28. The van der Waals surface area contributed by atoms with Gasteiger partial charge in [0.25, 0.3) is 0 Å². The Balaban J connectivity index is 1.94. The van der Waals surface area contributed by atoms with Gasteiger partial charge in [0, 0.05) is 22.5 Å². The van der Waals surface area contributed by atoms with Crippen LogP contribution in [0.15, 0.2) is 64.0 Å². The van der Waals surface area contributed by atoms with Crippen LogP contribution in [-0.2, 0) is 9.59 Å². The summed E-state index contributed by atoms with van der Waals surface area (Å²) in [6.45, 7) is -0.0121. The Kier molecular flexibility index (Phi) is 7.28. The maximum absolute atomic E-state index is 12.2. The molecule has 0 bridgehead atoms. The van der Waals surface area contributed by atoms with Crippen molar-refractivity contribution in [3.05, 3.63) is 64.6 Å². The third-order valence-corrected chi connectivity index (χ3v) is 4.97. The normalized spacial score (nSPS) is 10.7. The molecule has 2 aromatic carbocycles. The van der Waals surface area contributed by atoms with Crippen molar-refractivity contribution in [1.82, 2.24) is 4.90 Å². The fourth-order valence-corrected chi connectivity index (χ4v) is 3.10. The van der Waals surface area contributed by atoms with Crippen LogP contribution in [0, 0.1) is 0 Å². The lowest BCUT2D eigenvalue weighted by Gasteiger charge is -2.16. The van der Waals surface area contributed by atoms with Gasteiger partial charge in [0.15, 0.2) is 0 Å². The smallest absolute Gasteiger partial charge is 0.246 e. The van der Waals surface area contributed by atoms with Gasteiger partial charge < -0.3 is 10.2 Å². The molecule has 0 radical (unpaired) electrons. The molecule has 1 N–H and O–H groups in total. The number of halogens is 1. The highest BCUT2D eigenvalue weighted by Crippen LogP contribution is 2.24. The highest BCUT2D eigenvalue weighted by atomic mass is 79.9. The van der Waals surface area contributed by atoms with Gasteiger partial charge in [-0.05, 0) is 36.1 Å². The van der Waals surface area contributed by atoms with E-state index in [1.54, 1.807) is 24.9 Å².